The minimum Gasteiger partial charge on any atom is -0.508 e. The van der Waals surface area contributed by atoms with Gasteiger partial charge in [0.15, 0.2) is 11.5 Å². The van der Waals surface area contributed by atoms with Crippen molar-refractivity contribution >= 4 is 11.9 Å². The maximum Gasteiger partial charge on any atom is 0.586 e. The van der Waals surface area contributed by atoms with Gasteiger partial charge < -0.3 is 14.6 Å². The Kier molecular flexibility index (Phi) is 3.95. The van der Waals surface area contributed by atoms with Crippen molar-refractivity contribution in [2.45, 2.75) is 18.8 Å². The van der Waals surface area contributed by atoms with Crippen LogP contribution in [0, 0.1) is 0 Å². The van der Waals surface area contributed by atoms with Crippen molar-refractivity contribution in [3.63, 3.8) is 0 Å². The number of para-hydroxylation sites is 1. The third-order valence-electron chi connectivity index (χ3n) is 4.73. The zero-order chi connectivity index (χ0) is 20.9. The van der Waals surface area contributed by atoms with E-state index < -0.39 is 12.3 Å². The first kappa shape index (κ1) is 18.1. The average Bonchev–Trinajstić information content (AvgIpc) is 3.30. The molecule has 1 atom stereocenters. The van der Waals surface area contributed by atoms with Crippen molar-refractivity contribution < 1.29 is 23.4 Å². The highest BCUT2D eigenvalue weighted by atomic mass is 19.3. The molecule has 10 heteroatoms. The van der Waals surface area contributed by atoms with Crippen LogP contribution in [-0.4, -0.2) is 27.4 Å². The zero-order valence-corrected chi connectivity index (χ0v) is 15.3. The number of nitrogens with zero attached hydrogens (tertiary/aromatic N) is 4. The zero-order valence-electron chi connectivity index (χ0n) is 15.3. The molecule has 1 aromatic heterocycles. The Hall–Kier alpha value is -3.95. The molecule has 8 nitrogen and oxygen atoms in total. The van der Waals surface area contributed by atoms with Crippen molar-refractivity contribution in [1.29, 1.82) is 0 Å². The number of alkyl halides is 2. The maximum absolute atomic E-state index is 13.6. The lowest BCUT2D eigenvalue weighted by Crippen LogP contribution is -2.28. The van der Waals surface area contributed by atoms with Crippen LogP contribution in [0.25, 0.3) is 5.69 Å². The number of phenolic OH excluding ortho intramolecular Hbond substituents is 1. The third-order valence-corrected chi connectivity index (χ3v) is 4.73. The number of aromatic hydroxyl groups is 1. The number of hydrazone groups is 1. The number of phenols is 1. The molecule has 3 heterocycles. The smallest absolute Gasteiger partial charge is 0.508 e. The number of fused-ring (bicyclic) bond motifs is 1. The summed E-state index contributed by atoms with van der Waals surface area (Å²) in [4.78, 5) is 12.6. The molecule has 0 saturated heterocycles. The number of halogens is 2. The Morgan fingerprint density at radius 2 is 1.97 bits per heavy atom. The second-order valence-corrected chi connectivity index (χ2v) is 6.70. The highest BCUT2D eigenvalue weighted by Gasteiger charge is 2.46. The minimum atomic E-state index is -3.77. The quantitative estimate of drug-likeness (QED) is 0.711. The Morgan fingerprint density at radius 1 is 1.13 bits per heavy atom. The van der Waals surface area contributed by atoms with Gasteiger partial charge in [0.2, 0.25) is 5.43 Å². The number of rotatable bonds is 3. The van der Waals surface area contributed by atoms with Crippen molar-refractivity contribution in [2.24, 2.45) is 5.10 Å². The Balaban J connectivity index is 1.56. The maximum atomic E-state index is 13.6. The number of anilines is 1. The fraction of sp³-hybridized carbons (Fsp3) is 0.150. The average molecular weight is 412 g/mol. The van der Waals surface area contributed by atoms with E-state index in [2.05, 4.69) is 19.7 Å². The lowest BCUT2D eigenvalue weighted by molar-refractivity contribution is -0.286. The topological polar surface area (TPSA) is 89.2 Å². The van der Waals surface area contributed by atoms with Gasteiger partial charge in [-0.25, -0.2) is 4.68 Å². The molecule has 0 radical (unpaired) electrons. The summed E-state index contributed by atoms with van der Waals surface area (Å²) in [5, 5.41) is 19.8. The monoisotopic (exact) mass is 412 g/mol. The van der Waals surface area contributed by atoms with E-state index in [0.29, 0.717) is 12.1 Å². The number of aromatic nitrogens is 2. The molecule has 0 fully saturated rings. The number of hydrogen-bond donors (Lipinski definition) is 1. The van der Waals surface area contributed by atoms with Gasteiger partial charge >= 0.3 is 6.29 Å². The van der Waals surface area contributed by atoms with E-state index in [1.807, 2.05) is 0 Å². The van der Waals surface area contributed by atoms with Gasteiger partial charge in [0.05, 0.1) is 5.69 Å². The lowest BCUT2D eigenvalue weighted by atomic mass is 10.1. The van der Waals surface area contributed by atoms with Crippen LogP contribution in [0.1, 0.15) is 18.2 Å². The summed E-state index contributed by atoms with van der Waals surface area (Å²) < 4.78 is 37.8. The molecule has 30 heavy (non-hydrogen) atoms. The molecule has 0 aliphatic carbocycles. The van der Waals surface area contributed by atoms with E-state index >= 15 is 0 Å². The van der Waals surface area contributed by atoms with E-state index in [9.17, 15) is 18.7 Å². The molecule has 152 valence electrons. The van der Waals surface area contributed by atoms with Crippen LogP contribution in [0.2, 0.25) is 0 Å². The summed E-state index contributed by atoms with van der Waals surface area (Å²) >= 11 is 0. The van der Waals surface area contributed by atoms with Gasteiger partial charge in [-0.05, 0) is 24.3 Å². The summed E-state index contributed by atoms with van der Waals surface area (Å²) in [6.07, 6.45) is -0.374. The summed E-state index contributed by atoms with van der Waals surface area (Å²) in [6.45, 7) is 0. The van der Waals surface area contributed by atoms with Crippen LogP contribution in [-0.2, 0) is 0 Å². The molecule has 0 spiro atoms. The number of ether oxygens (including phenoxy) is 2. The molecule has 0 saturated carbocycles. The van der Waals surface area contributed by atoms with Crippen molar-refractivity contribution in [3.05, 3.63) is 70.6 Å². The molecule has 1 N–H and O–H groups in total. The second-order valence-electron chi connectivity index (χ2n) is 6.70. The van der Waals surface area contributed by atoms with E-state index in [1.54, 1.807) is 24.4 Å². The Bertz CT molecular complexity index is 1230. The largest absolute Gasteiger partial charge is 0.586 e. The molecule has 2 aliphatic heterocycles. The summed E-state index contributed by atoms with van der Waals surface area (Å²) in [7, 11) is 0. The molecule has 3 aromatic rings. The summed E-state index contributed by atoms with van der Waals surface area (Å²) in [6, 6.07) is 11.6. The van der Waals surface area contributed by atoms with Gasteiger partial charge in [0.25, 0.3) is 0 Å². The molecule has 2 aliphatic rings. The first-order chi connectivity index (χ1) is 14.4. The van der Waals surface area contributed by atoms with Gasteiger partial charge in [-0.2, -0.15) is 10.2 Å². The molecule has 2 aromatic carbocycles. The SMILES string of the molecule is O=c1ccn(-c2cccc(O)c2)nc1C1CC=NN1c1cccc2c1OC(F)(F)O2. The van der Waals surface area contributed by atoms with Gasteiger partial charge in [0.1, 0.15) is 23.2 Å². The fourth-order valence-electron chi connectivity index (χ4n) is 3.44. The molecule has 0 bridgehead atoms. The van der Waals surface area contributed by atoms with Crippen molar-refractivity contribution in [3.8, 4) is 22.9 Å². The lowest BCUT2D eigenvalue weighted by Gasteiger charge is -2.24. The van der Waals surface area contributed by atoms with Gasteiger partial charge in [0, 0.05) is 31.0 Å². The van der Waals surface area contributed by atoms with Crippen LogP contribution in [0.15, 0.2) is 64.6 Å². The predicted octanol–water partition coefficient (Wildman–Crippen LogP) is 3.20. The minimum absolute atomic E-state index is 0.0540. The number of hydrogen-bond acceptors (Lipinski definition) is 7. The fourth-order valence-corrected chi connectivity index (χ4v) is 3.44. The van der Waals surface area contributed by atoms with Crippen LogP contribution in [0.3, 0.4) is 0 Å². The van der Waals surface area contributed by atoms with Crippen LogP contribution in [0.4, 0.5) is 14.5 Å². The normalized spacial score (nSPS) is 18.7. The molecule has 0 amide bonds. The van der Waals surface area contributed by atoms with Crippen molar-refractivity contribution in [1.82, 2.24) is 9.78 Å². The standard InChI is InChI=1S/C20H14F2N4O4/c21-20(22)29-17-6-2-5-15(19(17)30-20)26-14(7-9-23-26)18-16(28)8-10-25(24-18)12-3-1-4-13(27)11-12/h1-6,8-11,14,27H,7H2. The van der Waals surface area contributed by atoms with Crippen LogP contribution in [0.5, 0.6) is 17.2 Å². The Labute approximate surface area is 168 Å². The molecular formula is C20H14F2N4O4. The van der Waals surface area contributed by atoms with E-state index in [0.717, 1.165) is 0 Å². The van der Waals surface area contributed by atoms with E-state index in [1.165, 1.54) is 46.2 Å². The van der Waals surface area contributed by atoms with Gasteiger partial charge in [-0.1, -0.05) is 12.1 Å². The Morgan fingerprint density at radius 3 is 2.80 bits per heavy atom. The predicted molar refractivity (Wildman–Crippen MR) is 102 cm³/mol. The first-order valence-corrected chi connectivity index (χ1v) is 9.01. The molecule has 1 unspecified atom stereocenters. The second kappa shape index (κ2) is 6.55. The van der Waals surface area contributed by atoms with Crippen molar-refractivity contribution in [2.75, 3.05) is 5.01 Å². The van der Waals surface area contributed by atoms with Gasteiger partial charge in [-0.3, -0.25) is 9.80 Å². The highest BCUT2D eigenvalue weighted by Crippen LogP contribution is 2.49. The van der Waals surface area contributed by atoms with Crippen LogP contribution < -0.4 is 19.9 Å². The summed E-state index contributed by atoms with van der Waals surface area (Å²) in [5.41, 5.74) is 0.625. The molecule has 5 rings (SSSR count). The first-order valence-electron chi connectivity index (χ1n) is 9.01. The third kappa shape index (κ3) is 3.02. The van der Waals surface area contributed by atoms with Crippen LogP contribution >= 0.6 is 0 Å². The van der Waals surface area contributed by atoms with E-state index in [4.69, 9.17) is 0 Å². The van der Waals surface area contributed by atoms with E-state index in [-0.39, 0.29) is 34.1 Å². The highest BCUT2D eigenvalue weighted by molar-refractivity contribution is 5.73. The number of benzene rings is 2. The summed E-state index contributed by atoms with van der Waals surface area (Å²) in [5.74, 6) is -0.217. The van der Waals surface area contributed by atoms with Gasteiger partial charge in [-0.15, -0.1) is 8.78 Å². The molecular weight excluding hydrogens is 398 g/mol.